The van der Waals surface area contributed by atoms with Gasteiger partial charge < -0.3 is 10.1 Å². The summed E-state index contributed by atoms with van der Waals surface area (Å²) in [7, 11) is 1.72. The molecule has 0 bridgehead atoms. The number of hydrogen-bond donors (Lipinski definition) is 1. The molecule has 4 nitrogen and oxygen atoms in total. The largest absolute Gasteiger partial charge is 0.383 e. The molecule has 0 saturated heterocycles. The number of methoxy groups -OCH3 is 1. The van der Waals surface area contributed by atoms with Crippen molar-refractivity contribution in [2.24, 2.45) is 0 Å². The van der Waals surface area contributed by atoms with Crippen molar-refractivity contribution in [2.75, 3.05) is 20.3 Å². The van der Waals surface area contributed by atoms with Gasteiger partial charge in [0.15, 0.2) is 0 Å². The Hall–Kier alpha value is -0.520. The summed E-state index contributed by atoms with van der Waals surface area (Å²) in [6.45, 7) is 5.93. The van der Waals surface area contributed by atoms with Crippen LogP contribution >= 0.6 is 11.5 Å². The van der Waals surface area contributed by atoms with Gasteiger partial charge in [-0.1, -0.05) is 18.3 Å². The van der Waals surface area contributed by atoms with Crippen LogP contribution in [0.3, 0.4) is 0 Å². The summed E-state index contributed by atoms with van der Waals surface area (Å²) in [6.07, 6.45) is 2.05. The molecule has 5 heteroatoms. The van der Waals surface area contributed by atoms with E-state index in [4.69, 9.17) is 4.74 Å². The molecule has 0 spiro atoms. The molecular weight excluding hydrogens is 210 g/mol. The van der Waals surface area contributed by atoms with Crippen molar-refractivity contribution in [3.63, 3.8) is 0 Å². The molecule has 0 aromatic carbocycles. The quantitative estimate of drug-likeness (QED) is 0.774. The van der Waals surface area contributed by atoms with Crippen molar-refractivity contribution in [1.82, 2.24) is 14.9 Å². The van der Waals surface area contributed by atoms with Crippen LogP contribution in [0.1, 0.15) is 36.9 Å². The van der Waals surface area contributed by atoms with Crippen LogP contribution in [0.15, 0.2) is 0 Å². The number of aryl methyl sites for hydroxylation is 1. The molecule has 15 heavy (non-hydrogen) atoms. The van der Waals surface area contributed by atoms with Crippen LogP contribution < -0.4 is 5.32 Å². The first-order valence-electron chi connectivity index (χ1n) is 5.36. The average Bonchev–Trinajstić information content (AvgIpc) is 2.72. The maximum Gasteiger partial charge on any atom is 0.0801 e. The Balaban J connectivity index is 2.69. The molecule has 0 fully saturated rings. The van der Waals surface area contributed by atoms with Gasteiger partial charge in [-0.2, -0.15) is 0 Å². The van der Waals surface area contributed by atoms with E-state index in [0.717, 1.165) is 25.1 Å². The third-order valence-electron chi connectivity index (χ3n) is 2.21. The van der Waals surface area contributed by atoms with E-state index in [9.17, 15) is 0 Å². The molecule has 0 radical (unpaired) electrons. The first-order chi connectivity index (χ1) is 7.33. The van der Waals surface area contributed by atoms with Crippen molar-refractivity contribution >= 4 is 11.5 Å². The van der Waals surface area contributed by atoms with Gasteiger partial charge in [-0.25, -0.2) is 0 Å². The highest BCUT2D eigenvalue weighted by atomic mass is 32.1. The van der Waals surface area contributed by atoms with Crippen LogP contribution in [0.2, 0.25) is 0 Å². The molecule has 0 saturated carbocycles. The fraction of sp³-hybridized carbons (Fsp3) is 0.800. The van der Waals surface area contributed by atoms with E-state index in [-0.39, 0.29) is 6.04 Å². The minimum absolute atomic E-state index is 0.241. The summed E-state index contributed by atoms with van der Waals surface area (Å²) in [5.41, 5.74) is 1.09. The number of rotatable bonds is 7. The Kier molecular flexibility index (Phi) is 5.75. The molecule has 86 valence electrons. The second-order valence-electron chi connectivity index (χ2n) is 3.40. The molecule has 1 atom stereocenters. The van der Waals surface area contributed by atoms with Crippen molar-refractivity contribution in [3.8, 4) is 0 Å². The zero-order valence-electron chi connectivity index (χ0n) is 9.62. The zero-order valence-corrected chi connectivity index (χ0v) is 10.4. The fourth-order valence-electron chi connectivity index (χ4n) is 1.44. The smallest absolute Gasteiger partial charge is 0.0801 e. The summed E-state index contributed by atoms with van der Waals surface area (Å²) >= 11 is 1.47. The third-order valence-corrected chi connectivity index (χ3v) is 3.09. The second kappa shape index (κ2) is 6.87. The molecule has 0 amide bonds. The van der Waals surface area contributed by atoms with Crippen LogP contribution in [0.25, 0.3) is 0 Å². The second-order valence-corrected chi connectivity index (χ2v) is 4.19. The van der Waals surface area contributed by atoms with Gasteiger partial charge in [-0.05, 0) is 30.9 Å². The lowest BCUT2D eigenvalue weighted by atomic mass is 10.2. The van der Waals surface area contributed by atoms with Crippen molar-refractivity contribution in [2.45, 2.75) is 32.7 Å². The van der Waals surface area contributed by atoms with E-state index in [0.29, 0.717) is 6.61 Å². The van der Waals surface area contributed by atoms with E-state index >= 15 is 0 Å². The lowest BCUT2D eigenvalue weighted by Crippen LogP contribution is -2.26. The maximum absolute atomic E-state index is 5.21. The summed E-state index contributed by atoms with van der Waals surface area (Å²) in [4.78, 5) is 1.22. The predicted molar refractivity (Wildman–Crippen MR) is 62.2 cm³/mol. The van der Waals surface area contributed by atoms with Crippen LogP contribution in [-0.4, -0.2) is 29.8 Å². The lowest BCUT2D eigenvalue weighted by Gasteiger charge is -2.16. The predicted octanol–water partition coefficient (Wildman–Crippen LogP) is 1.79. The minimum atomic E-state index is 0.241. The van der Waals surface area contributed by atoms with Crippen LogP contribution in [-0.2, 0) is 11.2 Å². The van der Waals surface area contributed by atoms with Gasteiger partial charge in [0.25, 0.3) is 0 Å². The van der Waals surface area contributed by atoms with Gasteiger partial charge in [-0.3, -0.25) is 0 Å². The molecule has 1 unspecified atom stereocenters. The Morgan fingerprint density at radius 1 is 1.47 bits per heavy atom. The Morgan fingerprint density at radius 2 is 2.27 bits per heavy atom. The van der Waals surface area contributed by atoms with Gasteiger partial charge in [-0.15, -0.1) is 5.10 Å². The molecule has 1 rings (SSSR count). The Morgan fingerprint density at radius 3 is 2.87 bits per heavy atom. The molecule has 1 aromatic heterocycles. The average molecular weight is 229 g/mol. The monoisotopic (exact) mass is 229 g/mol. The number of nitrogens with zero attached hydrogens (tertiary/aromatic N) is 2. The number of ether oxygens (including phenoxy) is 1. The normalized spacial score (nSPS) is 13.0. The Labute approximate surface area is 95.2 Å². The van der Waals surface area contributed by atoms with Crippen LogP contribution in [0, 0.1) is 0 Å². The third kappa shape index (κ3) is 3.52. The van der Waals surface area contributed by atoms with E-state index in [1.54, 1.807) is 7.11 Å². The first-order valence-corrected chi connectivity index (χ1v) is 6.14. The van der Waals surface area contributed by atoms with Gasteiger partial charge >= 0.3 is 0 Å². The molecule has 0 aliphatic heterocycles. The van der Waals surface area contributed by atoms with Crippen molar-refractivity contribution in [3.05, 3.63) is 10.6 Å². The highest BCUT2D eigenvalue weighted by Crippen LogP contribution is 2.21. The summed E-state index contributed by atoms with van der Waals surface area (Å²) in [5.74, 6) is 0. The van der Waals surface area contributed by atoms with Gasteiger partial charge in [0, 0.05) is 7.11 Å². The number of nitrogens with one attached hydrogen (secondary N) is 1. The number of hydrogen-bond acceptors (Lipinski definition) is 5. The topological polar surface area (TPSA) is 47.0 Å². The molecular formula is C10H19N3OS. The maximum atomic E-state index is 5.21. The summed E-state index contributed by atoms with van der Waals surface area (Å²) < 4.78 is 9.21. The van der Waals surface area contributed by atoms with E-state index < -0.39 is 0 Å². The van der Waals surface area contributed by atoms with Crippen LogP contribution in [0.5, 0.6) is 0 Å². The molecule has 1 aromatic rings. The van der Waals surface area contributed by atoms with Gasteiger partial charge in [0.05, 0.1) is 23.2 Å². The number of aromatic nitrogens is 2. The molecule has 0 aliphatic carbocycles. The van der Waals surface area contributed by atoms with Crippen molar-refractivity contribution < 1.29 is 4.74 Å². The van der Waals surface area contributed by atoms with Gasteiger partial charge in [0.2, 0.25) is 0 Å². The zero-order chi connectivity index (χ0) is 11.1. The summed E-state index contributed by atoms with van der Waals surface area (Å²) in [6, 6.07) is 0.241. The molecule has 1 N–H and O–H groups in total. The van der Waals surface area contributed by atoms with E-state index in [2.05, 4.69) is 28.8 Å². The summed E-state index contributed by atoms with van der Waals surface area (Å²) in [5, 5.41) is 7.57. The highest BCUT2D eigenvalue weighted by molar-refractivity contribution is 7.05. The standard InChI is InChI=1S/C10H19N3OS/c1-4-6-11-9(7-14-3)10-8(5-2)12-13-15-10/h9,11H,4-7H2,1-3H3. The highest BCUT2D eigenvalue weighted by Gasteiger charge is 2.17. The lowest BCUT2D eigenvalue weighted by molar-refractivity contribution is 0.168. The molecule has 0 aliphatic rings. The Bertz CT molecular complexity index is 277. The van der Waals surface area contributed by atoms with E-state index in [1.807, 2.05) is 0 Å². The van der Waals surface area contributed by atoms with Gasteiger partial charge in [0.1, 0.15) is 0 Å². The molecule has 1 heterocycles. The fourth-order valence-corrected chi connectivity index (χ4v) is 2.23. The first kappa shape index (κ1) is 12.5. The van der Waals surface area contributed by atoms with E-state index in [1.165, 1.54) is 16.4 Å². The minimum Gasteiger partial charge on any atom is -0.383 e. The van der Waals surface area contributed by atoms with Crippen molar-refractivity contribution in [1.29, 1.82) is 0 Å². The van der Waals surface area contributed by atoms with Crippen LogP contribution in [0.4, 0.5) is 0 Å². The SMILES string of the molecule is CCCNC(COC)c1snnc1CC.